The summed E-state index contributed by atoms with van der Waals surface area (Å²) in [7, 11) is 0. The second-order valence-corrected chi connectivity index (χ2v) is 4.67. The zero-order chi connectivity index (χ0) is 11.4. The van der Waals surface area contributed by atoms with Crippen LogP contribution in [-0.4, -0.2) is 23.5 Å². The van der Waals surface area contributed by atoms with E-state index >= 15 is 0 Å². The van der Waals surface area contributed by atoms with Crippen molar-refractivity contribution < 1.29 is 9.90 Å². The van der Waals surface area contributed by atoms with Crippen LogP contribution in [0.25, 0.3) is 0 Å². The van der Waals surface area contributed by atoms with Gasteiger partial charge in [-0.2, -0.15) is 0 Å². The molecule has 0 amide bonds. The minimum atomic E-state index is -0.400. The number of ketones is 1. The molecule has 0 aliphatic carbocycles. The number of aliphatic hydroxyl groups is 1. The van der Waals surface area contributed by atoms with Gasteiger partial charge in [0.1, 0.15) is 0 Å². The Morgan fingerprint density at radius 2 is 2.00 bits per heavy atom. The first-order valence-corrected chi connectivity index (χ1v) is 4.88. The van der Waals surface area contributed by atoms with Crippen molar-refractivity contribution in [2.24, 2.45) is 5.41 Å². The Morgan fingerprint density at radius 3 is 2.36 bits per heavy atom. The lowest BCUT2D eigenvalue weighted by Crippen LogP contribution is -2.25. The molecular weight excluding hydrogens is 178 g/mol. The highest BCUT2D eigenvalue weighted by molar-refractivity contribution is 5.94. The van der Waals surface area contributed by atoms with Crippen LogP contribution in [0.3, 0.4) is 0 Å². The lowest BCUT2D eigenvalue weighted by Gasteiger charge is -2.15. The Kier molecular flexibility index (Phi) is 4.85. The van der Waals surface area contributed by atoms with Crippen molar-refractivity contribution >= 4 is 5.78 Å². The van der Waals surface area contributed by atoms with Crippen LogP contribution >= 0.6 is 0 Å². The van der Waals surface area contributed by atoms with Gasteiger partial charge in [-0.1, -0.05) is 20.8 Å². The summed E-state index contributed by atoms with van der Waals surface area (Å²) in [6.45, 7) is 9.65. The zero-order valence-corrected chi connectivity index (χ0v) is 9.72. The molecule has 0 bridgehead atoms. The van der Waals surface area contributed by atoms with Gasteiger partial charge in [-0.05, 0) is 13.8 Å². The maximum Gasteiger partial charge on any atom is 0.162 e. The Morgan fingerprint density at radius 1 is 1.50 bits per heavy atom. The number of rotatable bonds is 4. The van der Waals surface area contributed by atoms with E-state index in [2.05, 4.69) is 5.32 Å². The van der Waals surface area contributed by atoms with E-state index in [0.717, 1.165) is 5.70 Å². The molecule has 0 aromatic rings. The van der Waals surface area contributed by atoms with E-state index in [1.807, 2.05) is 27.7 Å². The first-order valence-electron chi connectivity index (χ1n) is 4.88. The van der Waals surface area contributed by atoms with Gasteiger partial charge < -0.3 is 10.4 Å². The van der Waals surface area contributed by atoms with Crippen molar-refractivity contribution in [2.75, 3.05) is 6.54 Å². The van der Waals surface area contributed by atoms with Crippen molar-refractivity contribution in [1.82, 2.24) is 5.32 Å². The average molecular weight is 199 g/mol. The standard InChI is InChI=1S/C11H21NO2/c1-8(12-7-9(2)13)6-10(14)11(3,4)5/h6,9,12-13H,7H2,1-5H3/b8-6-. The van der Waals surface area contributed by atoms with E-state index in [4.69, 9.17) is 5.11 Å². The molecular formula is C11H21NO2. The molecule has 0 heterocycles. The largest absolute Gasteiger partial charge is 0.392 e. The quantitative estimate of drug-likeness (QED) is 0.674. The minimum absolute atomic E-state index is 0.0908. The van der Waals surface area contributed by atoms with Gasteiger partial charge in [-0.25, -0.2) is 0 Å². The van der Waals surface area contributed by atoms with Gasteiger partial charge in [0.15, 0.2) is 5.78 Å². The number of allylic oxidation sites excluding steroid dienone is 2. The Hall–Kier alpha value is -0.830. The number of hydrogen-bond donors (Lipinski definition) is 2. The smallest absolute Gasteiger partial charge is 0.162 e. The number of aliphatic hydroxyl groups excluding tert-OH is 1. The topological polar surface area (TPSA) is 49.3 Å². The molecule has 3 nitrogen and oxygen atoms in total. The summed E-state index contributed by atoms with van der Waals surface area (Å²) in [5.74, 6) is 0.0908. The van der Waals surface area contributed by atoms with E-state index in [9.17, 15) is 4.79 Å². The van der Waals surface area contributed by atoms with Crippen LogP contribution < -0.4 is 5.32 Å². The van der Waals surface area contributed by atoms with E-state index in [0.29, 0.717) is 6.54 Å². The van der Waals surface area contributed by atoms with Crippen molar-refractivity contribution in [3.05, 3.63) is 11.8 Å². The molecule has 0 aromatic heterocycles. The van der Waals surface area contributed by atoms with Crippen LogP contribution in [0.5, 0.6) is 0 Å². The van der Waals surface area contributed by atoms with Gasteiger partial charge in [0.2, 0.25) is 0 Å². The van der Waals surface area contributed by atoms with Gasteiger partial charge in [-0.15, -0.1) is 0 Å². The highest BCUT2D eigenvalue weighted by atomic mass is 16.3. The summed E-state index contributed by atoms with van der Waals surface area (Å²) < 4.78 is 0. The third-order valence-electron chi connectivity index (χ3n) is 1.76. The predicted octanol–water partition coefficient (Wildman–Crippen LogP) is 1.48. The summed E-state index contributed by atoms with van der Waals surface area (Å²) in [5.41, 5.74) is 0.458. The van der Waals surface area contributed by atoms with Crippen LogP contribution in [-0.2, 0) is 4.79 Å². The third-order valence-corrected chi connectivity index (χ3v) is 1.76. The SMILES string of the molecule is C/C(=C/C(=O)C(C)(C)C)NCC(C)O. The molecule has 0 saturated carbocycles. The van der Waals surface area contributed by atoms with Crippen molar-refractivity contribution in [3.8, 4) is 0 Å². The maximum atomic E-state index is 11.5. The average Bonchev–Trinajstić information content (AvgIpc) is 1.99. The summed E-state index contributed by atoms with van der Waals surface area (Å²) in [5, 5.41) is 12.0. The van der Waals surface area contributed by atoms with Crippen LogP contribution in [0.15, 0.2) is 11.8 Å². The van der Waals surface area contributed by atoms with Crippen molar-refractivity contribution in [1.29, 1.82) is 0 Å². The molecule has 0 saturated heterocycles. The molecule has 2 N–H and O–H groups in total. The maximum absolute atomic E-state index is 11.5. The molecule has 0 aliphatic rings. The first kappa shape index (κ1) is 13.2. The minimum Gasteiger partial charge on any atom is -0.392 e. The second kappa shape index (κ2) is 5.15. The second-order valence-electron chi connectivity index (χ2n) is 4.67. The molecule has 0 radical (unpaired) electrons. The van der Waals surface area contributed by atoms with Gasteiger partial charge in [0, 0.05) is 23.7 Å². The predicted molar refractivity (Wildman–Crippen MR) is 57.9 cm³/mol. The van der Waals surface area contributed by atoms with Gasteiger partial charge in [0.05, 0.1) is 6.10 Å². The molecule has 82 valence electrons. The third kappa shape index (κ3) is 5.75. The molecule has 1 unspecified atom stereocenters. The molecule has 0 spiro atoms. The van der Waals surface area contributed by atoms with Crippen molar-refractivity contribution in [3.63, 3.8) is 0 Å². The van der Waals surface area contributed by atoms with E-state index in [-0.39, 0.29) is 11.2 Å². The first-order chi connectivity index (χ1) is 6.23. The van der Waals surface area contributed by atoms with Crippen LogP contribution in [0.1, 0.15) is 34.6 Å². The van der Waals surface area contributed by atoms with E-state index in [1.165, 1.54) is 0 Å². The number of nitrogens with one attached hydrogen (secondary N) is 1. The molecule has 1 atom stereocenters. The van der Waals surface area contributed by atoms with Crippen LogP contribution in [0.2, 0.25) is 0 Å². The van der Waals surface area contributed by atoms with E-state index < -0.39 is 6.10 Å². The Bertz CT molecular complexity index is 224. The monoisotopic (exact) mass is 199 g/mol. The summed E-state index contributed by atoms with van der Waals surface area (Å²) >= 11 is 0. The molecule has 0 aromatic carbocycles. The number of carbonyl (C=O) groups is 1. The van der Waals surface area contributed by atoms with E-state index in [1.54, 1.807) is 13.0 Å². The van der Waals surface area contributed by atoms with Gasteiger partial charge in [-0.3, -0.25) is 4.79 Å². The molecule has 0 rings (SSSR count). The fourth-order valence-electron chi connectivity index (χ4n) is 0.773. The Balaban J connectivity index is 4.17. The molecule has 0 aliphatic heterocycles. The molecule has 14 heavy (non-hydrogen) atoms. The fraction of sp³-hybridized carbons (Fsp3) is 0.727. The van der Waals surface area contributed by atoms with Crippen LogP contribution in [0.4, 0.5) is 0 Å². The van der Waals surface area contributed by atoms with Gasteiger partial charge >= 0.3 is 0 Å². The summed E-state index contributed by atoms with van der Waals surface area (Å²) in [6, 6.07) is 0. The molecule has 3 heteroatoms. The number of hydrogen-bond acceptors (Lipinski definition) is 3. The highest BCUT2D eigenvalue weighted by Crippen LogP contribution is 2.15. The number of carbonyl (C=O) groups excluding carboxylic acids is 1. The normalized spacial score (nSPS) is 15.1. The lowest BCUT2D eigenvalue weighted by atomic mass is 9.90. The highest BCUT2D eigenvalue weighted by Gasteiger charge is 2.18. The summed E-state index contributed by atoms with van der Waals surface area (Å²) in [6.07, 6.45) is 1.19. The van der Waals surface area contributed by atoms with Gasteiger partial charge in [0.25, 0.3) is 0 Å². The lowest BCUT2D eigenvalue weighted by molar-refractivity contribution is -0.121. The van der Waals surface area contributed by atoms with Crippen molar-refractivity contribution in [2.45, 2.75) is 40.7 Å². The fourth-order valence-corrected chi connectivity index (χ4v) is 0.773. The Labute approximate surface area is 86.2 Å². The zero-order valence-electron chi connectivity index (χ0n) is 9.72. The van der Waals surface area contributed by atoms with Crippen LogP contribution in [0, 0.1) is 5.41 Å². The molecule has 0 fully saturated rings. The summed E-state index contributed by atoms with van der Waals surface area (Å²) in [4.78, 5) is 11.5.